The van der Waals surface area contributed by atoms with Gasteiger partial charge in [0.15, 0.2) is 0 Å². The number of hydrogen-bond acceptors (Lipinski definition) is 2. The molecule has 0 atom stereocenters. The van der Waals surface area contributed by atoms with E-state index in [-0.39, 0.29) is 6.61 Å². The lowest BCUT2D eigenvalue weighted by Crippen LogP contribution is -2.19. The average Bonchev–Trinajstić information content (AvgIpc) is 2.18. The highest BCUT2D eigenvalue weighted by atomic mass is 35.5. The summed E-state index contributed by atoms with van der Waals surface area (Å²) in [5.41, 5.74) is 0.896. The van der Waals surface area contributed by atoms with Crippen molar-refractivity contribution >= 4 is 28.9 Å². The first kappa shape index (κ1) is 11.6. The molecule has 0 amide bonds. The Labute approximate surface area is 94.1 Å². The quantitative estimate of drug-likeness (QED) is 0.865. The van der Waals surface area contributed by atoms with Crippen LogP contribution in [0.2, 0.25) is 10.0 Å². The van der Waals surface area contributed by atoms with Crippen LogP contribution in [0.1, 0.15) is 6.42 Å². The first-order valence-corrected chi connectivity index (χ1v) is 5.18. The summed E-state index contributed by atoms with van der Waals surface area (Å²) < 4.78 is 0. The molecule has 0 saturated carbocycles. The minimum Gasteiger partial charge on any atom is -0.396 e. The van der Waals surface area contributed by atoms with Gasteiger partial charge in [-0.25, -0.2) is 0 Å². The predicted octanol–water partition coefficient (Wildman–Crippen LogP) is 2.81. The molecule has 4 heteroatoms. The van der Waals surface area contributed by atoms with Crippen LogP contribution in [0.3, 0.4) is 0 Å². The second-order valence-electron chi connectivity index (χ2n) is 3.07. The van der Waals surface area contributed by atoms with Crippen LogP contribution in [0.25, 0.3) is 0 Å². The molecule has 2 nitrogen and oxygen atoms in total. The number of aliphatic hydroxyl groups is 1. The minimum absolute atomic E-state index is 0.183. The zero-order chi connectivity index (χ0) is 10.6. The van der Waals surface area contributed by atoms with Gasteiger partial charge < -0.3 is 10.0 Å². The number of halogens is 2. The highest BCUT2D eigenvalue weighted by Crippen LogP contribution is 2.31. The lowest BCUT2D eigenvalue weighted by atomic mass is 10.3. The van der Waals surface area contributed by atoms with Crippen molar-refractivity contribution in [2.75, 3.05) is 25.1 Å². The lowest BCUT2D eigenvalue weighted by Gasteiger charge is -2.20. The molecular weight excluding hydrogens is 221 g/mol. The van der Waals surface area contributed by atoms with E-state index in [9.17, 15) is 0 Å². The standard InChI is InChI=1S/C10H13Cl2NO/c1-13(6-3-7-14)9-5-2-4-8(11)10(9)12/h2,4-5,14H,3,6-7H2,1H3. The van der Waals surface area contributed by atoms with Gasteiger partial charge in [-0.3, -0.25) is 0 Å². The van der Waals surface area contributed by atoms with Crippen molar-refractivity contribution < 1.29 is 5.11 Å². The molecule has 0 bridgehead atoms. The molecular formula is C10H13Cl2NO. The van der Waals surface area contributed by atoms with Gasteiger partial charge in [0.25, 0.3) is 0 Å². The highest BCUT2D eigenvalue weighted by molar-refractivity contribution is 6.43. The van der Waals surface area contributed by atoms with Crippen molar-refractivity contribution in [1.29, 1.82) is 0 Å². The fourth-order valence-corrected chi connectivity index (χ4v) is 1.66. The summed E-state index contributed by atoms with van der Waals surface area (Å²) in [5, 5.41) is 9.82. The molecule has 0 fully saturated rings. The third-order valence-corrected chi connectivity index (χ3v) is 2.80. The molecule has 14 heavy (non-hydrogen) atoms. The van der Waals surface area contributed by atoms with Gasteiger partial charge in [-0.15, -0.1) is 0 Å². The van der Waals surface area contributed by atoms with E-state index in [0.29, 0.717) is 10.0 Å². The van der Waals surface area contributed by atoms with Gasteiger partial charge in [0.2, 0.25) is 0 Å². The van der Waals surface area contributed by atoms with Crippen molar-refractivity contribution in [3.8, 4) is 0 Å². The molecule has 0 aliphatic rings. The summed E-state index contributed by atoms with van der Waals surface area (Å²) in [6, 6.07) is 5.53. The van der Waals surface area contributed by atoms with Crippen LogP contribution in [0, 0.1) is 0 Å². The summed E-state index contributed by atoms with van der Waals surface area (Å²) in [6.07, 6.45) is 0.722. The average molecular weight is 234 g/mol. The van der Waals surface area contributed by atoms with Gasteiger partial charge >= 0.3 is 0 Å². The summed E-state index contributed by atoms with van der Waals surface area (Å²) >= 11 is 11.9. The fraction of sp³-hybridized carbons (Fsp3) is 0.400. The molecule has 0 unspecified atom stereocenters. The number of hydrogen-bond donors (Lipinski definition) is 1. The van der Waals surface area contributed by atoms with Crippen molar-refractivity contribution in [2.45, 2.75) is 6.42 Å². The molecule has 0 heterocycles. The van der Waals surface area contributed by atoms with E-state index in [1.165, 1.54) is 0 Å². The highest BCUT2D eigenvalue weighted by Gasteiger charge is 2.07. The van der Waals surface area contributed by atoms with Crippen LogP contribution < -0.4 is 4.90 Å². The Morgan fingerprint density at radius 3 is 2.71 bits per heavy atom. The normalized spacial score (nSPS) is 10.3. The Morgan fingerprint density at radius 2 is 2.07 bits per heavy atom. The largest absolute Gasteiger partial charge is 0.396 e. The van der Waals surface area contributed by atoms with E-state index in [2.05, 4.69) is 0 Å². The van der Waals surface area contributed by atoms with Crippen molar-refractivity contribution in [3.05, 3.63) is 28.2 Å². The van der Waals surface area contributed by atoms with Crippen LogP contribution in [0.15, 0.2) is 18.2 Å². The molecule has 0 radical (unpaired) electrons. The third-order valence-electron chi connectivity index (χ3n) is 1.99. The molecule has 1 N–H and O–H groups in total. The van der Waals surface area contributed by atoms with E-state index in [0.717, 1.165) is 18.7 Å². The first-order valence-electron chi connectivity index (χ1n) is 4.43. The predicted molar refractivity (Wildman–Crippen MR) is 61.4 cm³/mol. The molecule has 0 aliphatic carbocycles. The van der Waals surface area contributed by atoms with E-state index < -0.39 is 0 Å². The molecule has 1 aromatic rings. The number of nitrogens with zero attached hydrogens (tertiary/aromatic N) is 1. The lowest BCUT2D eigenvalue weighted by molar-refractivity contribution is 0.290. The number of benzene rings is 1. The first-order chi connectivity index (χ1) is 6.66. The zero-order valence-corrected chi connectivity index (χ0v) is 9.52. The summed E-state index contributed by atoms with van der Waals surface area (Å²) in [5.74, 6) is 0. The van der Waals surface area contributed by atoms with Gasteiger partial charge in [0.1, 0.15) is 0 Å². The van der Waals surface area contributed by atoms with Crippen LogP contribution in [0.4, 0.5) is 5.69 Å². The van der Waals surface area contributed by atoms with Crippen LogP contribution >= 0.6 is 23.2 Å². The van der Waals surface area contributed by atoms with Gasteiger partial charge in [-0.1, -0.05) is 29.3 Å². The fourth-order valence-electron chi connectivity index (χ4n) is 1.22. The van der Waals surface area contributed by atoms with Crippen LogP contribution in [-0.4, -0.2) is 25.3 Å². The molecule has 1 aromatic carbocycles. The number of aliphatic hydroxyl groups excluding tert-OH is 1. The third kappa shape index (κ3) is 2.77. The Hall–Kier alpha value is -0.440. The van der Waals surface area contributed by atoms with Crippen LogP contribution in [0.5, 0.6) is 0 Å². The monoisotopic (exact) mass is 233 g/mol. The second-order valence-corrected chi connectivity index (χ2v) is 3.86. The topological polar surface area (TPSA) is 23.5 Å². The second kappa shape index (κ2) is 5.44. The summed E-state index contributed by atoms with van der Waals surface area (Å²) in [7, 11) is 1.92. The van der Waals surface area contributed by atoms with Crippen molar-refractivity contribution in [1.82, 2.24) is 0 Å². The zero-order valence-electron chi connectivity index (χ0n) is 8.00. The van der Waals surface area contributed by atoms with E-state index in [1.54, 1.807) is 6.07 Å². The Balaban J connectivity index is 2.79. The number of anilines is 1. The Morgan fingerprint density at radius 1 is 1.36 bits per heavy atom. The van der Waals surface area contributed by atoms with Gasteiger partial charge in [-0.05, 0) is 18.6 Å². The maximum atomic E-state index is 8.70. The van der Waals surface area contributed by atoms with E-state index in [1.807, 2.05) is 24.1 Å². The van der Waals surface area contributed by atoms with E-state index >= 15 is 0 Å². The minimum atomic E-state index is 0.183. The molecule has 0 aromatic heterocycles. The molecule has 0 aliphatic heterocycles. The molecule has 0 saturated heterocycles. The van der Waals surface area contributed by atoms with Gasteiger partial charge in [-0.2, -0.15) is 0 Å². The Kier molecular flexibility index (Phi) is 4.52. The van der Waals surface area contributed by atoms with E-state index in [4.69, 9.17) is 28.3 Å². The van der Waals surface area contributed by atoms with Gasteiger partial charge in [0.05, 0.1) is 15.7 Å². The number of rotatable bonds is 4. The van der Waals surface area contributed by atoms with Gasteiger partial charge in [0, 0.05) is 20.2 Å². The SMILES string of the molecule is CN(CCCO)c1cccc(Cl)c1Cl. The van der Waals surface area contributed by atoms with Crippen LogP contribution in [-0.2, 0) is 0 Å². The maximum Gasteiger partial charge on any atom is 0.0825 e. The summed E-state index contributed by atoms with van der Waals surface area (Å²) in [4.78, 5) is 1.98. The molecule has 1 rings (SSSR count). The maximum absolute atomic E-state index is 8.70. The van der Waals surface area contributed by atoms with Crippen molar-refractivity contribution in [3.63, 3.8) is 0 Å². The van der Waals surface area contributed by atoms with Crippen molar-refractivity contribution in [2.24, 2.45) is 0 Å². The molecule has 0 spiro atoms. The summed E-state index contributed by atoms with van der Waals surface area (Å²) in [6.45, 7) is 0.944. The smallest absolute Gasteiger partial charge is 0.0825 e. The Bertz CT molecular complexity index is 304. The molecule has 78 valence electrons.